The molecule has 1 N–H and O–H groups in total. The van der Waals surface area contributed by atoms with E-state index in [2.05, 4.69) is 14.7 Å². The van der Waals surface area contributed by atoms with Crippen LogP contribution in [0.4, 0.5) is 0 Å². The number of ether oxygens (including phenoxy) is 1. The van der Waals surface area contributed by atoms with Crippen molar-refractivity contribution in [2.75, 3.05) is 7.11 Å². The summed E-state index contributed by atoms with van der Waals surface area (Å²) in [6, 6.07) is 0. The first-order valence-electron chi connectivity index (χ1n) is 3.52. The van der Waals surface area contributed by atoms with Crippen LogP contribution in [-0.2, 0) is 4.74 Å². The van der Waals surface area contributed by atoms with Crippen molar-refractivity contribution in [1.29, 1.82) is 0 Å². The van der Waals surface area contributed by atoms with Gasteiger partial charge in [0.15, 0.2) is 21.7 Å². The van der Waals surface area contributed by atoms with E-state index in [9.17, 15) is 9.59 Å². The molecule has 0 saturated carbocycles. The van der Waals surface area contributed by atoms with Crippen LogP contribution in [0, 0.1) is 0 Å². The highest BCUT2D eigenvalue weighted by Crippen LogP contribution is 2.19. The molecule has 80 valence electrons. The van der Waals surface area contributed by atoms with Gasteiger partial charge >= 0.3 is 11.9 Å². The molecule has 0 unspecified atom stereocenters. The molecule has 1 aromatic rings. The molecule has 0 bridgehead atoms. The minimum atomic E-state index is -1.44. The van der Waals surface area contributed by atoms with E-state index in [1.54, 1.807) is 0 Å². The summed E-state index contributed by atoms with van der Waals surface area (Å²) in [5, 5.41) is 8.16. The number of methoxy groups -OCH3 is 1. The summed E-state index contributed by atoms with van der Waals surface area (Å²) in [5.74, 6) is -2.39. The van der Waals surface area contributed by atoms with E-state index in [0.29, 0.717) is 0 Å². The molecule has 0 aromatic carbocycles. The number of hydrogen-bond acceptors (Lipinski definition) is 5. The third kappa shape index (κ3) is 2.34. The maximum absolute atomic E-state index is 11.1. The zero-order valence-corrected chi connectivity index (χ0v) is 8.83. The fourth-order valence-electron chi connectivity index (χ4n) is 0.783. The topological polar surface area (TPSA) is 89.4 Å². The van der Waals surface area contributed by atoms with Gasteiger partial charge in [0.25, 0.3) is 0 Å². The van der Waals surface area contributed by atoms with Crippen LogP contribution in [0.3, 0.4) is 0 Å². The number of carbonyl (C=O) groups is 2. The minimum absolute atomic E-state index is 0.262. The molecule has 0 atom stereocenters. The molecule has 1 heterocycles. The number of nitrogens with zero attached hydrogens (tertiary/aromatic N) is 2. The van der Waals surface area contributed by atoms with E-state index in [1.807, 2.05) is 0 Å². The number of rotatable bonds is 2. The third-order valence-electron chi connectivity index (χ3n) is 1.40. The molecule has 1 rings (SSSR count). The number of carboxylic acids is 1. The summed E-state index contributed by atoms with van der Waals surface area (Å²) in [7, 11) is 1.08. The van der Waals surface area contributed by atoms with E-state index in [1.165, 1.54) is 0 Å². The van der Waals surface area contributed by atoms with Gasteiger partial charge in [-0.25, -0.2) is 19.6 Å². The second-order valence-corrected chi connectivity index (χ2v) is 3.02. The summed E-state index contributed by atoms with van der Waals surface area (Å²) in [6.07, 6.45) is 0. The summed E-state index contributed by atoms with van der Waals surface area (Å²) < 4.78 is 4.32. The molecule has 0 aliphatic carbocycles. The molecule has 0 radical (unpaired) electrons. The first kappa shape index (κ1) is 11.7. The quantitative estimate of drug-likeness (QED) is 0.796. The van der Waals surface area contributed by atoms with Crippen molar-refractivity contribution in [3.8, 4) is 0 Å². The van der Waals surface area contributed by atoms with Crippen molar-refractivity contribution in [3.63, 3.8) is 0 Å². The van der Waals surface area contributed by atoms with Crippen LogP contribution >= 0.6 is 23.2 Å². The van der Waals surface area contributed by atoms with Gasteiger partial charge in [-0.15, -0.1) is 0 Å². The Kier molecular flexibility index (Phi) is 3.43. The van der Waals surface area contributed by atoms with E-state index in [-0.39, 0.29) is 10.3 Å². The van der Waals surface area contributed by atoms with Gasteiger partial charge in [0.1, 0.15) is 0 Å². The molecule has 8 heteroatoms. The zero-order chi connectivity index (χ0) is 11.6. The lowest BCUT2D eigenvalue weighted by Crippen LogP contribution is -2.15. The van der Waals surface area contributed by atoms with Crippen LogP contribution in [0.2, 0.25) is 10.3 Å². The van der Waals surface area contributed by atoms with Gasteiger partial charge in [0.05, 0.1) is 7.11 Å². The van der Waals surface area contributed by atoms with Gasteiger partial charge < -0.3 is 9.84 Å². The maximum atomic E-state index is 11.1. The first-order valence-corrected chi connectivity index (χ1v) is 4.27. The molecule has 15 heavy (non-hydrogen) atoms. The molecule has 0 aliphatic rings. The number of carboxylic acid groups (broad SMARTS) is 1. The number of carbonyl (C=O) groups excluding carboxylic acids is 1. The van der Waals surface area contributed by atoms with Crippen LogP contribution < -0.4 is 0 Å². The second-order valence-electron chi connectivity index (χ2n) is 2.30. The Morgan fingerprint density at radius 3 is 2.07 bits per heavy atom. The van der Waals surface area contributed by atoms with Crippen molar-refractivity contribution in [2.45, 2.75) is 0 Å². The summed E-state index contributed by atoms with van der Waals surface area (Å²) in [4.78, 5) is 28.7. The Labute approximate surface area is 93.8 Å². The van der Waals surface area contributed by atoms with Crippen LogP contribution in [0.15, 0.2) is 0 Å². The minimum Gasteiger partial charge on any atom is -0.476 e. The van der Waals surface area contributed by atoms with Gasteiger partial charge in [0, 0.05) is 0 Å². The number of aromatic carboxylic acids is 1. The standard InChI is InChI=1S/C7H4Cl2N2O4/c1-15-7(14)3-2(6(12)13)10-4(8)5(9)11-3/h1H3,(H,12,13). The zero-order valence-electron chi connectivity index (χ0n) is 7.32. The van der Waals surface area contributed by atoms with Crippen molar-refractivity contribution in [2.24, 2.45) is 0 Å². The molecule has 1 aromatic heterocycles. The molecule has 0 aliphatic heterocycles. The highest BCUT2D eigenvalue weighted by molar-refractivity contribution is 6.40. The molecular formula is C7H4Cl2N2O4. The Hall–Kier alpha value is -1.40. The predicted octanol–water partition coefficient (Wildman–Crippen LogP) is 1.27. The first-order chi connectivity index (χ1) is 6.97. The van der Waals surface area contributed by atoms with Crippen LogP contribution in [0.5, 0.6) is 0 Å². The number of halogens is 2. The summed E-state index contributed by atoms with van der Waals surface area (Å²) >= 11 is 10.9. The number of esters is 1. The third-order valence-corrected chi connectivity index (χ3v) is 2.02. The molecular weight excluding hydrogens is 247 g/mol. The van der Waals surface area contributed by atoms with Crippen molar-refractivity contribution >= 4 is 35.1 Å². The Morgan fingerprint density at radius 2 is 1.67 bits per heavy atom. The lowest BCUT2D eigenvalue weighted by molar-refractivity contribution is 0.0573. The van der Waals surface area contributed by atoms with Gasteiger partial charge in [-0.3, -0.25) is 0 Å². The van der Waals surface area contributed by atoms with Crippen molar-refractivity contribution < 1.29 is 19.4 Å². The predicted molar refractivity (Wildman–Crippen MR) is 50.4 cm³/mol. The van der Waals surface area contributed by atoms with Crippen LogP contribution in [-0.4, -0.2) is 34.1 Å². The summed E-state index contributed by atoms with van der Waals surface area (Å²) in [5.41, 5.74) is -1.09. The monoisotopic (exact) mass is 250 g/mol. The Morgan fingerprint density at radius 1 is 1.20 bits per heavy atom. The van der Waals surface area contributed by atoms with Crippen molar-refractivity contribution in [1.82, 2.24) is 9.97 Å². The SMILES string of the molecule is COC(=O)c1nc(Cl)c(Cl)nc1C(=O)O. The molecule has 0 amide bonds. The van der Waals surface area contributed by atoms with Gasteiger partial charge in [-0.05, 0) is 0 Å². The van der Waals surface area contributed by atoms with Crippen LogP contribution in [0.25, 0.3) is 0 Å². The Balaban J connectivity index is 3.41. The van der Waals surface area contributed by atoms with Gasteiger partial charge in [0.2, 0.25) is 0 Å². The average molecular weight is 251 g/mol. The maximum Gasteiger partial charge on any atom is 0.359 e. The van der Waals surface area contributed by atoms with E-state index in [0.717, 1.165) is 7.11 Å². The normalized spacial score (nSPS) is 9.80. The van der Waals surface area contributed by atoms with Crippen molar-refractivity contribution in [3.05, 3.63) is 21.7 Å². The molecule has 0 fully saturated rings. The Bertz CT molecular complexity index is 435. The largest absolute Gasteiger partial charge is 0.476 e. The fraction of sp³-hybridized carbons (Fsp3) is 0.143. The molecule has 0 spiro atoms. The fourth-order valence-corrected chi connectivity index (χ4v) is 1.04. The lowest BCUT2D eigenvalue weighted by atomic mass is 10.3. The average Bonchev–Trinajstić information content (AvgIpc) is 2.20. The van der Waals surface area contributed by atoms with E-state index >= 15 is 0 Å². The molecule has 6 nitrogen and oxygen atoms in total. The second kappa shape index (κ2) is 4.41. The smallest absolute Gasteiger partial charge is 0.359 e. The summed E-state index contributed by atoms with van der Waals surface area (Å²) in [6.45, 7) is 0. The van der Waals surface area contributed by atoms with E-state index in [4.69, 9.17) is 28.3 Å². The number of hydrogen-bond donors (Lipinski definition) is 1. The lowest BCUT2D eigenvalue weighted by Gasteiger charge is -2.03. The van der Waals surface area contributed by atoms with Gasteiger partial charge in [-0.1, -0.05) is 23.2 Å². The van der Waals surface area contributed by atoms with Crippen LogP contribution in [0.1, 0.15) is 21.0 Å². The van der Waals surface area contributed by atoms with E-state index < -0.39 is 23.3 Å². The highest BCUT2D eigenvalue weighted by atomic mass is 35.5. The number of aromatic nitrogens is 2. The highest BCUT2D eigenvalue weighted by Gasteiger charge is 2.23. The molecule has 0 saturated heterocycles. The van der Waals surface area contributed by atoms with Gasteiger partial charge in [-0.2, -0.15) is 0 Å².